The molecule has 0 aliphatic heterocycles. The Morgan fingerprint density at radius 1 is 1.17 bits per heavy atom. The van der Waals surface area contributed by atoms with Crippen molar-refractivity contribution in [2.75, 3.05) is 0 Å². The molecular weight excluding hydrogens is 230 g/mol. The number of aliphatic carboxylic acids is 1. The number of benzene rings is 1. The van der Waals surface area contributed by atoms with Crippen molar-refractivity contribution in [1.82, 2.24) is 5.32 Å². The van der Waals surface area contributed by atoms with Crippen molar-refractivity contribution < 1.29 is 14.7 Å². The van der Waals surface area contributed by atoms with Gasteiger partial charge in [-0.2, -0.15) is 0 Å². The molecule has 1 amide bonds. The summed E-state index contributed by atoms with van der Waals surface area (Å²) >= 11 is 0. The molecule has 0 heterocycles. The van der Waals surface area contributed by atoms with Crippen LogP contribution in [0.3, 0.4) is 0 Å². The molecule has 2 aliphatic rings. The van der Waals surface area contributed by atoms with Crippen LogP contribution in [0.15, 0.2) is 24.3 Å². The van der Waals surface area contributed by atoms with Crippen molar-refractivity contribution >= 4 is 11.9 Å². The van der Waals surface area contributed by atoms with Crippen LogP contribution in [0.1, 0.15) is 24.0 Å². The summed E-state index contributed by atoms with van der Waals surface area (Å²) in [5, 5.41) is 12.2. The van der Waals surface area contributed by atoms with Gasteiger partial charge in [0.05, 0.1) is 0 Å². The Labute approximate surface area is 105 Å². The van der Waals surface area contributed by atoms with Crippen LogP contribution in [0.2, 0.25) is 0 Å². The molecule has 0 aromatic heterocycles. The fourth-order valence-corrected chi connectivity index (χ4v) is 2.59. The van der Waals surface area contributed by atoms with E-state index in [1.165, 1.54) is 0 Å². The van der Waals surface area contributed by atoms with Gasteiger partial charge in [-0.1, -0.05) is 24.3 Å². The average Bonchev–Trinajstić information content (AvgIpc) is 3.10. The maximum atomic E-state index is 11.8. The van der Waals surface area contributed by atoms with E-state index in [9.17, 15) is 14.7 Å². The fraction of sp³-hybridized carbons (Fsp3) is 0.429. The first-order valence-electron chi connectivity index (χ1n) is 6.23. The van der Waals surface area contributed by atoms with Gasteiger partial charge in [0.2, 0.25) is 5.91 Å². The Bertz CT molecular complexity index is 495. The summed E-state index contributed by atoms with van der Waals surface area (Å²) in [6, 6.07) is 7.67. The van der Waals surface area contributed by atoms with E-state index in [2.05, 4.69) is 5.32 Å². The lowest BCUT2D eigenvalue weighted by Gasteiger charge is -2.25. The van der Waals surface area contributed by atoms with E-state index in [0.29, 0.717) is 12.8 Å². The van der Waals surface area contributed by atoms with Crippen LogP contribution < -0.4 is 5.32 Å². The summed E-state index contributed by atoms with van der Waals surface area (Å²) in [7, 11) is 0. The molecule has 1 aromatic carbocycles. The molecule has 0 radical (unpaired) electrons. The first kappa shape index (κ1) is 11.3. The highest BCUT2D eigenvalue weighted by atomic mass is 16.4. The molecule has 2 aliphatic carbocycles. The Hall–Kier alpha value is -1.84. The minimum absolute atomic E-state index is 0.0323. The number of hydrogen-bond donors (Lipinski definition) is 2. The van der Waals surface area contributed by atoms with Crippen molar-refractivity contribution in [1.29, 1.82) is 0 Å². The largest absolute Gasteiger partial charge is 0.479 e. The van der Waals surface area contributed by atoms with E-state index in [4.69, 9.17) is 0 Å². The molecule has 1 saturated carbocycles. The Morgan fingerprint density at radius 3 is 2.17 bits per heavy atom. The molecule has 18 heavy (non-hydrogen) atoms. The standard InChI is InChI=1S/C14H15NO3/c16-12(9-5-6-9)15-14(13(17)18)7-10-3-1-2-4-11(10)8-14/h1-4,9H,5-8H2,(H,15,16)(H,17,18). The van der Waals surface area contributed by atoms with Crippen molar-refractivity contribution in [3.05, 3.63) is 35.4 Å². The number of carbonyl (C=O) groups excluding carboxylic acids is 1. The third kappa shape index (κ3) is 1.78. The minimum atomic E-state index is -1.14. The summed E-state index contributed by atoms with van der Waals surface area (Å²) in [6.45, 7) is 0. The Balaban J connectivity index is 1.86. The molecule has 1 fully saturated rings. The topological polar surface area (TPSA) is 66.4 Å². The molecular formula is C14H15NO3. The van der Waals surface area contributed by atoms with Crippen LogP contribution in [0, 0.1) is 5.92 Å². The van der Waals surface area contributed by atoms with Gasteiger partial charge >= 0.3 is 5.97 Å². The van der Waals surface area contributed by atoms with Crippen LogP contribution in [-0.2, 0) is 22.4 Å². The first-order valence-corrected chi connectivity index (χ1v) is 6.23. The smallest absolute Gasteiger partial charge is 0.330 e. The molecule has 2 N–H and O–H groups in total. The summed E-state index contributed by atoms with van der Waals surface area (Å²) in [5.41, 5.74) is 0.913. The summed E-state index contributed by atoms with van der Waals surface area (Å²) in [4.78, 5) is 23.4. The molecule has 0 atom stereocenters. The van der Waals surface area contributed by atoms with Gasteiger partial charge in [-0.25, -0.2) is 4.79 Å². The highest BCUT2D eigenvalue weighted by molar-refractivity contribution is 5.90. The van der Waals surface area contributed by atoms with Gasteiger partial charge < -0.3 is 10.4 Å². The third-order valence-electron chi connectivity index (χ3n) is 3.82. The van der Waals surface area contributed by atoms with Crippen LogP contribution in [0.5, 0.6) is 0 Å². The van der Waals surface area contributed by atoms with Crippen LogP contribution >= 0.6 is 0 Å². The quantitative estimate of drug-likeness (QED) is 0.839. The predicted molar refractivity (Wildman–Crippen MR) is 65.1 cm³/mol. The Kier molecular flexibility index (Phi) is 2.40. The summed E-state index contributed by atoms with van der Waals surface area (Å²) < 4.78 is 0. The number of nitrogens with one attached hydrogen (secondary N) is 1. The molecule has 3 rings (SSSR count). The zero-order valence-corrected chi connectivity index (χ0v) is 9.98. The monoisotopic (exact) mass is 245 g/mol. The molecule has 0 spiro atoms. The highest BCUT2D eigenvalue weighted by Crippen LogP contribution is 2.34. The fourth-order valence-electron chi connectivity index (χ4n) is 2.59. The maximum absolute atomic E-state index is 11.8. The van der Waals surface area contributed by atoms with Gasteiger partial charge in [0, 0.05) is 18.8 Å². The SMILES string of the molecule is O=C(NC1(C(=O)O)Cc2ccccc2C1)C1CC1. The van der Waals surface area contributed by atoms with Crippen LogP contribution in [-0.4, -0.2) is 22.5 Å². The molecule has 0 unspecified atom stereocenters. The highest BCUT2D eigenvalue weighted by Gasteiger charge is 2.47. The van der Waals surface area contributed by atoms with Gasteiger partial charge in [0.1, 0.15) is 5.54 Å². The van der Waals surface area contributed by atoms with Crippen molar-refractivity contribution in [3.8, 4) is 0 Å². The molecule has 4 heteroatoms. The first-order chi connectivity index (χ1) is 8.61. The molecule has 0 saturated heterocycles. The van der Waals surface area contributed by atoms with E-state index < -0.39 is 11.5 Å². The average molecular weight is 245 g/mol. The van der Waals surface area contributed by atoms with Gasteiger partial charge in [-0.15, -0.1) is 0 Å². The lowest BCUT2D eigenvalue weighted by molar-refractivity contribution is -0.147. The van der Waals surface area contributed by atoms with E-state index in [-0.39, 0.29) is 11.8 Å². The zero-order valence-electron chi connectivity index (χ0n) is 9.98. The van der Waals surface area contributed by atoms with Gasteiger partial charge in [-0.3, -0.25) is 4.79 Å². The molecule has 0 bridgehead atoms. The molecule has 4 nitrogen and oxygen atoms in total. The van der Waals surface area contributed by atoms with Crippen molar-refractivity contribution in [3.63, 3.8) is 0 Å². The number of amides is 1. The number of carboxylic acid groups (broad SMARTS) is 1. The summed E-state index contributed by atoms with van der Waals surface area (Å²) in [6.07, 6.45) is 2.54. The van der Waals surface area contributed by atoms with E-state index in [0.717, 1.165) is 24.0 Å². The third-order valence-corrected chi connectivity index (χ3v) is 3.82. The number of rotatable bonds is 3. The van der Waals surface area contributed by atoms with Gasteiger partial charge in [0.15, 0.2) is 0 Å². The Morgan fingerprint density at radius 2 is 1.72 bits per heavy atom. The number of carbonyl (C=O) groups is 2. The van der Waals surface area contributed by atoms with Gasteiger partial charge in [0.25, 0.3) is 0 Å². The predicted octanol–water partition coefficient (Wildman–Crippen LogP) is 1.13. The van der Waals surface area contributed by atoms with E-state index >= 15 is 0 Å². The van der Waals surface area contributed by atoms with Crippen molar-refractivity contribution in [2.45, 2.75) is 31.2 Å². The van der Waals surface area contributed by atoms with E-state index in [1.807, 2.05) is 24.3 Å². The van der Waals surface area contributed by atoms with Crippen molar-refractivity contribution in [2.24, 2.45) is 5.92 Å². The zero-order chi connectivity index (χ0) is 12.8. The van der Waals surface area contributed by atoms with Crippen LogP contribution in [0.4, 0.5) is 0 Å². The number of fused-ring (bicyclic) bond motifs is 1. The molecule has 1 aromatic rings. The summed E-state index contributed by atoms with van der Waals surface area (Å²) in [5.74, 6) is -1.01. The lowest BCUT2D eigenvalue weighted by Crippen LogP contribution is -2.55. The lowest BCUT2D eigenvalue weighted by atomic mass is 9.95. The second kappa shape index (κ2) is 3.83. The van der Waals surface area contributed by atoms with E-state index in [1.54, 1.807) is 0 Å². The number of carboxylic acids is 1. The normalized spacial score (nSPS) is 20.2. The minimum Gasteiger partial charge on any atom is -0.479 e. The number of hydrogen-bond acceptors (Lipinski definition) is 2. The molecule has 94 valence electrons. The second-order valence-electron chi connectivity index (χ2n) is 5.27. The van der Waals surface area contributed by atoms with Crippen LogP contribution in [0.25, 0.3) is 0 Å². The van der Waals surface area contributed by atoms with Gasteiger partial charge in [-0.05, 0) is 24.0 Å². The second-order valence-corrected chi connectivity index (χ2v) is 5.27. The maximum Gasteiger partial charge on any atom is 0.330 e.